The van der Waals surface area contributed by atoms with Gasteiger partial charge in [0.05, 0.1) is 10.6 Å². The second-order valence-electron chi connectivity index (χ2n) is 5.19. The van der Waals surface area contributed by atoms with Crippen molar-refractivity contribution in [3.05, 3.63) is 64.2 Å². The van der Waals surface area contributed by atoms with Crippen LogP contribution >= 0.6 is 23.4 Å². The van der Waals surface area contributed by atoms with Crippen LogP contribution in [-0.4, -0.2) is 18.2 Å². The number of fused-ring (bicyclic) bond motifs is 1. The molecule has 1 N–H and O–H groups in total. The molecule has 4 heteroatoms. The van der Waals surface area contributed by atoms with Gasteiger partial charge in [0.1, 0.15) is 0 Å². The average molecular weight is 318 g/mol. The average Bonchev–Trinajstić information content (AvgIpc) is 2.89. The fraction of sp³-hybridized carbons (Fsp3) is 0.235. The van der Waals surface area contributed by atoms with Gasteiger partial charge < -0.3 is 5.32 Å². The van der Waals surface area contributed by atoms with Gasteiger partial charge in [-0.2, -0.15) is 0 Å². The van der Waals surface area contributed by atoms with E-state index in [4.69, 9.17) is 11.6 Å². The number of nitrogens with one attached hydrogen (secondary N) is 1. The number of halogens is 1. The highest BCUT2D eigenvalue weighted by Crippen LogP contribution is 2.25. The van der Waals surface area contributed by atoms with Crippen molar-refractivity contribution in [3.63, 3.8) is 0 Å². The Hall–Kier alpha value is -1.45. The molecule has 0 heterocycles. The Labute approximate surface area is 133 Å². The van der Waals surface area contributed by atoms with E-state index >= 15 is 0 Å². The summed E-state index contributed by atoms with van der Waals surface area (Å²) in [6.07, 6.45) is 3.77. The molecule has 0 aliphatic heterocycles. The molecule has 1 amide bonds. The minimum Gasteiger partial charge on any atom is -0.349 e. The zero-order chi connectivity index (χ0) is 14.8. The van der Waals surface area contributed by atoms with E-state index in [-0.39, 0.29) is 11.9 Å². The van der Waals surface area contributed by atoms with Gasteiger partial charge in [0.15, 0.2) is 0 Å². The van der Waals surface area contributed by atoms with Gasteiger partial charge in [-0.15, -0.1) is 11.8 Å². The van der Waals surface area contributed by atoms with Crippen molar-refractivity contribution in [2.75, 3.05) is 6.26 Å². The van der Waals surface area contributed by atoms with E-state index in [0.717, 1.165) is 17.7 Å². The molecule has 0 saturated heterocycles. The van der Waals surface area contributed by atoms with Crippen LogP contribution in [0, 0.1) is 0 Å². The Bertz CT molecular complexity index is 661. The number of benzene rings is 2. The summed E-state index contributed by atoms with van der Waals surface area (Å²) in [5, 5.41) is 3.60. The van der Waals surface area contributed by atoms with E-state index in [0.29, 0.717) is 10.6 Å². The first kappa shape index (κ1) is 14.5. The molecular weight excluding hydrogens is 302 g/mol. The molecular formula is C17H16ClNOS. The fourth-order valence-electron chi connectivity index (χ4n) is 2.73. The van der Waals surface area contributed by atoms with Crippen molar-refractivity contribution >= 4 is 29.3 Å². The molecule has 0 saturated carbocycles. The number of amides is 1. The van der Waals surface area contributed by atoms with E-state index in [9.17, 15) is 4.79 Å². The molecule has 3 rings (SSSR count). The first-order valence-corrected chi connectivity index (χ1v) is 8.49. The Balaban J connectivity index is 1.73. The molecule has 2 aromatic rings. The highest BCUT2D eigenvalue weighted by atomic mass is 35.5. The third-order valence-corrected chi connectivity index (χ3v) is 4.86. The molecule has 0 fully saturated rings. The number of carbonyl (C=O) groups excluding carboxylic acids is 1. The Morgan fingerprint density at radius 2 is 1.86 bits per heavy atom. The molecule has 0 radical (unpaired) electrons. The van der Waals surface area contributed by atoms with Crippen LogP contribution < -0.4 is 5.32 Å². The van der Waals surface area contributed by atoms with Crippen LogP contribution in [0.5, 0.6) is 0 Å². The van der Waals surface area contributed by atoms with Crippen molar-refractivity contribution < 1.29 is 4.79 Å². The lowest BCUT2D eigenvalue weighted by Crippen LogP contribution is -2.35. The van der Waals surface area contributed by atoms with E-state index in [1.165, 1.54) is 11.1 Å². The van der Waals surface area contributed by atoms with Gasteiger partial charge in [-0.3, -0.25) is 4.79 Å². The maximum atomic E-state index is 12.4. The van der Waals surface area contributed by atoms with Crippen LogP contribution in [-0.2, 0) is 12.8 Å². The predicted octanol–water partition coefficient (Wildman–Crippen LogP) is 3.96. The van der Waals surface area contributed by atoms with Gasteiger partial charge in [0.2, 0.25) is 0 Å². The number of hydrogen-bond acceptors (Lipinski definition) is 2. The zero-order valence-corrected chi connectivity index (χ0v) is 13.3. The molecule has 108 valence electrons. The largest absolute Gasteiger partial charge is 0.349 e. The summed E-state index contributed by atoms with van der Waals surface area (Å²) in [5.41, 5.74) is 3.21. The van der Waals surface area contributed by atoms with Crippen LogP contribution in [0.2, 0.25) is 5.02 Å². The smallest absolute Gasteiger partial charge is 0.253 e. The van der Waals surface area contributed by atoms with Crippen LogP contribution in [0.1, 0.15) is 21.5 Å². The Morgan fingerprint density at radius 3 is 2.48 bits per heavy atom. The quantitative estimate of drug-likeness (QED) is 0.868. The summed E-state index contributed by atoms with van der Waals surface area (Å²) in [7, 11) is 0. The molecule has 1 aliphatic rings. The van der Waals surface area contributed by atoms with Gasteiger partial charge in [-0.05, 0) is 48.4 Å². The topological polar surface area (TPSA) is 29.1 Å². The highest BCUT2D eigenvalue weighted by molar-refractivity contribution is 7.98. The van der Waals surface area contributed by atoms with Crippen molar-refractivity contribution in [3.8, 4) is 0 Å². The SMILES string of the molecule is CSc1ccc(Cl)c(C(=O)NC2Cc3ccccc3C2)c1. The molecule has 0 atom stereocenters. The van der Waals surface area contributed by atoms with Crippen molar-refractivity contribution in [2.24, 2.45) is 0 Å². The molecule has 0 spiro atoms. The lowest BCUT2D eigenvalue weighted by atomic mass is 10.1. The summed E-state index contributed by atoms with van der Waals surface area (Å²) >= 11 is 7.76. The number of carbonyl (C=O) groups is 1. The molecule has 2 aromatic carbocycles. The van der Waals surface area contributed by atoms with Crippen LogP contribution in [0.25, 0.3) is 0 Å². The summed E-state index contributed by atoms with van der Waals surface area (Å²) in [6, 6.07) is 14.1. The van der Waals surface area contributed by atoms with Gasteiger partial charge >= 0.3 is 0 Å². The summed E-state index contributed by atoms with van der Waals surface area (Å²) in [4.78, 5) is 13.5. The van der Waals surface area contributed by atoms with Crippen LogP contribution in [0.4, 0.5) is 0 Å². The fourth-order valence-corrected chi connectivity index (χ4v) is 3.37. The number of hydrogen-bond donors (Lipinski definition) is 1. The van der Waals surface area contributed by atoms with Gasteiger partial charge in [-0.1, -0.05) is 35.9 Å². The van der Waals surface area contributed by atoms with Gasteiger partial charge in [0, 0.05) is 10.9 Å². The Morgan fingerprint density at radius 1 is 1.19 bits per heavy atom. The first-order valence-electron chi connectivity index (χ1n) is 6.88. The van der Waals surface area contributed by atoms with Gasteiger partial charge in [-0.25, -0.2) is 0 Å². The maximum Gasteiger partial charge on any atom is 0.253 e. The van der Waals surface area contributed by atoms with Crippen molar-refractivity contribution in [1.82, 2.24) is 5.32 Å². The summed E-state index contributed by atoms with van der Waals surface area (Å²) in [5.74, 6) is -0.0892. The number of rotatable bonds is 3. The van der Waals surface area contributed by atoms with E-state index < -0.39 is 0 Å². The second kappa shape index (κ2) is 6.12. The molecule has 21 heavy (non-hydrogen) atoms. The minimum absolute atomic E-state index is 0.0892. The highest BCUT2D eigenvalue weighted by Gasteiger charge is 2.23. The zero-order valence-electron chi connectivity index (χ0n) is 11.7. The standard InChI is InChI=1S/C17H16ClNOS/c1-21-14-6-7-16(18)15(10-14)17(20)19-13-8-11-4-2-3-5-12(11)9-13/h2-7,10,13H,8-9H2,1H3,(H,19,20). The first-order chi connectivity index (χ1) is 10.2. The van der Waals surface area contributed by atoms with E-state index in [1.54, 1.807) is 17.8 Å². The molecule has 0 aromatic heterocycles. The molecule has 0 bridgehead atoms. The van der Waals surface area contributed by atoms with Gasteiger partial charge in [0.25, 0.3) is 5.91 Å². The molecule has 2 nitrogen and oxygen atoms in total. The lowest BCUT2D eigenvalue weighted by Gasteiger charge is -2.13. The predicted molar refractivity (Wildman–Crippen MR) is 88.3 cm³/mol. The van der Waals surface area contributed by atoms with Crippen molar-refractivity contribution in [2.45, 2.75) is 23.8 Å². The maximum absolute atomic E-state index is 12.4. The molecule has 1 aliphatic carbocycles. The van der Waals surface area contributed by atoms with Crippen molar-refractivity contribution in [1.29, 1.82) is 0 Å². The third kappa shape index (κ3) is 3.09. The monoisotopic (exact) mass is 317 g/mol. The lowest BCUT2D eigenvalue weighted by molar-refractivity contribution is 0.0938. The Kier molecular flexibility index (Phi) is 4.22. The summed E-state index contributed by atoms with van der Waals surface area (Å²) in [6.45, 7) is 0. The van der Waals surface area contributed by atoms with Crippen LogP contribution in [0.3, 0.4) is 0 Å². The minimum atomic E-state index is -0.0892. The normalized spacial score (nSPS) is 14.0. The summed E-state index contributed by atoms with van der Waals surface area (Å²) < 4.78 is 0. The van der Waals surface area contributed by atoms with E-state index in [2.05, 4.69) is 17.4 Å². The second-order valence-corrected chi connectivity index (χ2v) is 6.48. The molecule has 0 unspecified atom stereocenters. The van der Waals surface area contributed by atoms with Crippen LogP contribution in [0.15, 0.2) is 47.4 Å². The third-order valence-electron chi connectivity index (χ3n) is 3.80. The van der Waals surface area contributed by atoms with E-state index in [1.807, 2.05) is 30.5 Å². The number of thioether (sulfide) groups is 1.